The van der Waals surface area contributed by atoms with Crippen LogP contribution in [0.1, 0.15) is 12.5 Å². The standard InChI is InChI=1S/C13H15NO4/c1-2-18-13(17)11(12(15)16)9-14-8-10-6-4-3-5-7-10/h3-7,9,14H,2,8H2,1H3,(H,15,16)/b11-9+. The molecule has 0 amide bonds. The summed E-state index contributed by atoms with van der Waals surface area (Å²) >= 11 is 0. The summed E-state index contributed by atoms with van der Waals surface area (Å²) in [6, 6.07) is 9.44. The fraction of sp³-hybridized carbons (Fsp3) is 0.231. The lowest BCUT2D eigenvalue weighted by Gasteiger charge is -2.04. The zero-order chi connectivity index (χ0) is 13.4. The fourth-order valence-electron chi connectivity index (χ4n) is 1.28. The topological polar surface area (TPSA) is 75.6 Å². The summed E-state index contributed by atoms with van der Waals surface area (Å²) in [5, 5.41) is 11.6. The van der Waals surface area contributed by atoms with E-state index in [0.29, 0.717) is 6.54 Å². The smallest absolute Gasteiger partial charge is 0.347 e. The van der Waals surface area contributed by atoms with Crippen LogP contribution >= 0.6 is 0 Å². The molecule has 0 atom stereocenters. The Bertz CT molecular complexity index is 440. The minimum atomic E-state index is -1.31. The second kappa shape index (κ2) is 7.11. The van der Waals surface area contributed by atoms with Crippen LogP contribution in [-0.4, -0.2) is 23.7 Å². The molecule has 0 aliphatic heterocycles. The number of benzene rings is 1. The molecule has 0 bridgehead atoms. The van der Waals surface area contributed by atoms with Gasteiger partial charge in [-0.3, -0.25) is 0 Å². The maximum absolute atomic E-state index is 11.3. The summed E-state index contributed by atoms with van der Waals surface area (Å²) in [4.78, 5) is 22.2. The van der Waals surface area contributed by atoms with E-state index in [1.807, 2.05) is 30.3 Å². The van der Waals surface area contributed by atoms with Gasteiger partial charge in [0.2, 0.25) is 0 Å². The van der Waals surface area contributed by atoms with E-state index >= 15 is 0 Å². The maximum atomic E-state index is 11.3. The van der Waals surface area contributed by atoms with Crippen molar-refractivity contribution in [3.63, 3.8) is 0 Å². The molecule has 0 unspecified atom stereocenters. The first-order valence-corrected chi connectivity index (χ1v) is 5.53. The maximum Gasteiger partial charge on any atom is 0.347 e. The van der Waals surface area contributed by atoms with Gasteiger partial charge in [-0.15, -0.1) is 0 Å². The number of aliphatic carboxylic acids is 1. The van der Waals surface area contributed by atoms with Gasteiger partial charge in [-0.1, -0.05) is 30.3 Å². The highest BCUT2D eigenvalue weighted by molar-refractivity contribution is 6.13. The van der Waals surface area contributed by atoms with Crippen molar-refractivity contribution in [3.05, 3.63) is 47.7 Å². The highest BCUT2D eigenvalue weighted by atomic mass is 16.5. The van der Waals surface area contributed by atoms with Gasteiger partial charge in [0.15, 0.2) is 5.57 Å². The molecule has 5 nitrogen and oxygen atoms in total. The zero-order valence-electron chi connectivity index (χ0n) is 10.1. The molecule has 0 saturated carbocycles. The number of nitrogens with one attached hydrogen (secondary N) is 1. The number of carboxylic acid groups (broad SMARTS) is 1. The Balaban J connectivity index is 2.61. The van der Waals surface area contributed by atoms with Gasteiger partial charge in [-0.2, -0.15) is 0 Å². The first-order chi connectivity index (χ1) is 8.65. The van der Waals surface area contributed by atoms with Crippen LogP contribution in [0.2, 0.25) is 0 Å². The number of carbonyl (C=O) groups is 2. The average molecular weight is 249 g/mol. The number of rotatable bonds is 6. The molecule has 18 heavy (non-hydrogen) atoms. The first kappa shape index (κ1) is 13.8. The molecule has 1 rings (SSSR count). The number of esters is 1. The SMILES string of the molecule is CCOC(=O)/C(=C/NCc1ccccc1)C(=O)O. The van der Waals surface area contributed by atoms with Gasteiger partial charge in [0.1, 0.15) is 0 Å². The van der Waals surface area contributed by atoms with Crippen LogP contribution in [0, 0.1) is 0 Å². The van der Waals surface area contributed by atoms with Crippen molar-refractivity contribution < 1.29 is 19.4 Å². The van der Waals surface area contributed by atoms with E-state index in [4.69, 9.17) is 5.11 Å². The number of carboxylic acids is 1. The molecule has 0 spiro atoms. The van der Waals surface area contributed by atoms with Crippen LogP contribution in [0.15, 0.2) is 42.1 Å². The molecule has 1 aromatic rings. The number of hydrogen-bond acceptors (Lipinski definition) is 4. The molecule has 2 N–H and O–H groups in total. The van der Waals surface area contributed by atoms with E-state index in [9.17, 15) is 9.59 Å². The molecule has 0 radical (unpaired) electrons. The summed E-state index contributed by atoms with van der Waals surface area (Å²) < 4.78 is 4.64. The van der Waals surface area contributed by atoms with E-state index in [1.54, 1.807) is 6.92 Å². The van der Waals surface area contributed by atoms with Gasteiger partial charge < -0.3 is 15.2 Å². The van der Waals surface area contributed by atoms with Crippen LogP contribution in [0.4, 0.5) is 0 Å². The summed E-state index contributed by atoms with van der Waals surface area (Å²) in [5.74, 6) is -2.15. The quantitative estimate of drug-likeness (QED) is 0.344. The monoisotopic (exact) mass is 249 g/mol. The number of carbonyl (C=O) groups excluding carboxylic acids is 1. The Morgan fingerprint density at radius 3 is 2.56 bits per heavy atom. The van der Waals surface area contributed by atoms with Gasteiger partial charge in [0.05, 0.1) is 6.61 Å². The number of hydrogen-bond donors (Lipinski definition) is 2. The Morgan fingerprint density at radius 2 is 2.00 bits per heavy atom. The Kier molecular flexibility index (Phi) is 5.44. The lowest BCUT2D eigenvalue weighted by atomic mass is 10.2. The summed E-state index contributed by atoms with van der Waals surface area (Å²) in [6.45, 7) is 2.20. The third-order valence-electron chi connectivity index (χ3n) is 2.12. The van der Waals surface area contributed by atoms with E-state index in [1.165, 1.54) is 0 Å². The third kappa shape index (κ3) is 4.29. The minimum Gasteiger partial charge on any atom is -0.477 e. The molecule has 5 heteroatoms. The number of ether oxygens (including phenoxy) is 1. The van der Waals surface area contributed by atoms with Gasteiger partial charge in [0, 0.05) is 12.7 Å². The van der Waals surface area contributed by atoms with E-state index in [0.717, 1.165) is 11.8 Å². The molecule has 0 heterocycles. The van der Waals surface area contributed by atoms with Gasteiger partial charge in [0.25, 0.3) is 0 Å². The summed E-state index contributed by atoms with van der Waals surface area (Å²) in [7, 11) is 0. The molecule has 96 valence electrons. The molecular formula is C13H15NO4. The predicted molar refractivity (Wildman–Crippen MR) is 65.6 cm³/mol. The second-order valence-corrected chi connectivity index (χ2v) is 3.45. The first-order valence-electron chi connectivity index (χ1n) is 5.53. The minimum absolute atomic E-state index is 0.141. The van der Waals surface area contributed by atoms with Gasteiger partial charge in [-0.25, -0.2) is 9.59 Å². The second-order valence-electron chi connectivity index (χ2n) is 3.45. The van der Waals surface area contributed by atoms with Crippen LogP contribution in [0.5, 0.6) is 0 Å². The highest BCUT2D eigenvalue weighted by Gasteiger charge is 2.18. The molecule has 0 aliphatic carbocycles. The van der Waals surface area contributed by atoms with E-state index in [-0.39, 0.29) is 6.61 Å². The molecule has 0 fully saturated rings. The Hall–Kier alpha value is -2.30. The lowest BCUT2D eigenvalue weighted by molar-refractivity contribution is -0.143. The summed E-state index contributed by atoms with van der Waals surface area (Å²) in [5.41, 5.74) is 0.579. The molecule has 1 aromatic carbocycles. The van der Waals surface area contributed by atoms with Crippen LogP contribution in [0.3, 0.4) is 0 Å². The largest absolute Gasteiger partial charge is 0.477 e. The Morgan fingerprint density at radius 1 is 1.33 bits per heavy atom. The molecule has 0 saturated heterocycles. The van der Waals surface area contributed by atoms with Crippen LogP contribution < -0.4 is 5.32 Å². The van der Waals surface area contributed by atoms with Crippen molar-refractivity contribution in [3.8, 4) is 0 Å². The summed E-state index contributed by atoms with van der Waals surface area (Å²) in [6.07, 6.45) is 1.16. The van der Waals surface area contributed by atoms with Crippen molar-refractivity contribution in [2.24, 2.45) is 0 Å². The van der Waals surface area contributed by atoms with Crippen LogP contribution in [-0.2, 0) is 20.9 Å². The van der Waals surface area contributed by atoms with Gasteiger partial charge in [-0.05, 0) is 12.5 Å². The fourth-order valence-corrected chi connectivity index (χ4v) is 1.28. The van der Waals surface area contributed by atoms with Gasteiger partial charge >= 0.3 is 11.9 Å². The normalized spacial score (nSPS) is 10.8. The molecule has 0 aromatic heterocycles. The predicted octanol–water partition coefficient (Wildman–Crippen LogP) is 1.31. The van der Waals surface area contributed by atoms with E-state index < -0.39 is 17.5 Å². The van der Waals surface area contributed by atoms with Crippen molar-refractivity contribution in [1.82, 2.24) is 5.32 Å². The van der Waals surface area contributed by atoms with Crippen molar-refractivity contribution in [2.45, 2.75) is 13.5 Å². The Labute approximate surface area is 105 Å². The molecule has 0 aliphatic rings. The highest BCUT2D eigenvalue weighted by Crippen LogP contribution is 2.00. The van der Waals surface area contributed by atoms with Crippen LogP contribution in [0.25, 0.3) is 0 Å². The van der Waals surface area contributed by atoms with E-state index in [2.05, 4.69) is 10.1 Å². The molecular weight excluding hydrogens is 234 g/mol. The van der Waals surface area contributed by atoms with Crippen molar-refractivity contribution >= 4 is 11.9 Å². The zero-order valence-corrected chi connectivity index (χ0v) is 10.1. The van der Waals surface area contributed by atoms with Crippen molar-refractivity contribution in [2.75, 3.05) is 6.61 Å². The third-order valence-corrected chi connectivity index (χ3v) is 2.12. The lowest BCUT2D eigenvalue weighted by Crippen LogP contribution is -2.19. The average Bonchev–Trinajstić information content (AvgIpc) is 2.35. The van der Waals surface area contributed by atoms with Crippen molar-refractivity contribution in [1.29, 1.82) is 0 Å².